The number of carbonyl (C=O) groups excluding carboxylic acids is 2. The number of carbonyl (C=O) groups is 2. The molecule has 3 aromatic rings. The summed E-state index contributed by atoms with van der Waals surface area (Å²) >= 11 is 4.22. The zero-order chi connectivity index (χ0) is 22.7. The number of anilines is 1. The maximum Gasteiger partial charge on any atom is 0.237 e. The molecule has 0 saturated heterocycles. The average Bonchev–Trinajstić information content (AvgIpc) is 3.62. The summed E-state index contributed by atoms with van der Waals surface area (Å²) in [4.78, 5) is 26.5. The van der Waals surface area contributed by atoms with Crippen molar-refractivity contribution in [1.29, 1.82) is 0 Å². The van der Waals surface area contributed by atoms with E-state index in [4.69, 9.17) is 9.47 Å². The lowest BCUT2D eigenvalue weighted by molar-refractivity contribution is -0.121. The molecule has 172 valence electrons. The van der Waals surface area contributed by atoms with Crippen molar-refractivity contribution in [2.75, 3.05) is 17.9 Å². The Hall–Kier alpha value is -2.63. The van der Waals surface area contributed by atoms with Gasteiger partial charge >= 0.3 is 0 Å². The van der Waals surface area contributed by atoms with E-state index in [2.05, 4.69) is 20.8 Å². The Bertz CT molecular complexity index is 1140. The standard InChI is InChI=1S/C22H22N4O4S3/c27-18(23-11-14-5-6-15-16(10-14)30-13-29-15)12-32-21-26-25-20(33-21)24-19(28)22(7-1-2-8-22)17-4-3-9-31-17/h3-6,9-10H,1-2,7-8,11-13H2,(H,23,27)(H,24,25,28). The predicted molar refractivity (Wildman–Crippen MR) is 128 cm³/mol. The van der Waals surface area contributed by atoms with Gasteiger partial charge in [-0.25, -0.2) is 0 Å². The Labute approximate surface area is 203 Å². The first-order chi connectivity index (χ1) is 16.1. The third kappa shape index (κ3) is 4.85. The lowest BCUT2D eigenvalue weighted by Crippen LogP contribution is -2.37. The van der Waals surface area contributed by atoms with Crippen molar-refractivity contribution in [1.82, 2.24) is 15.5 Å². The van der Waals surface area contributed by atoms with E-state index >= 15 is 0 Å². The molecule has 3 heterocycles. The minimum absolute atomic E-state index is 0.0170. The fourth-order valence-electron chi connectivity index (χ4n) is 4.08. The molecule has 1 fully saturated rings. The normalized spacial score (nSPS) is 16.0. The molecule has 33 heavy (non-hydrogen) atoms. The molecule has 0 atom stereocenters. The molecule has 5 rings (SSSR count). The molecule has 0 radical (unpaired) electrons. The fraction of sp³-hybridized carbons (Fsp3) is 0.364. The Morgan fingerprint density at radius 2 is 1.97 bits per heavy atom. The lowest BCUT2D eigenvalue weighted by Gasteiger charge is -2.25. The fourth-order valence-corrected chi connectivity index (χ4v) is 6.64. The van der Waals surface area contributed by atoms with Crippen molar-refractivity contribution in [3.05, 3.63) is 46.2 Å². The van der Waals surface area contributed by atoms with E-state index in [1.807, 2.05) is 35.7 Å². The van der Waals surface area contributed by atoms with Gasteiger partial charge in [-0.1, -0.05) is 48.1 Å². The molecule has 1 saturated carbocycles. The minimum Gasteiger partial charge on any atom is -0.454 e. The molecule has 0 spiro atoms. The van der Waals surface area contributed by atoms with Gasteiger partial charge in [-0.2, -0.15) is 0 Å². The molecular formula is C22H22N4O4S3. The number of hydrogen-bond donors (Lipinski definition) is 2. The van der Waals surface area contributed by atoms with Crippen LogP contribution in [0.5, 0.6) is 11.5 Å². The van der Waals surface area contributed by atoms with E-state index in [1.165, 1.54) is 23.1 Å². The van der Waals surface area contributed by atoms with Crippen molar-refractivity contribution in [2.45, 2.75) is 42.0 Å². The molecule has 1 aromatic carbocycles. The number of amides is 2. The van der Waals surface area contributed by atoms with Crippen LogP contribution < -0.4 is 20.1 Å². The summed E-state index contributed by atoms with van der Waals surface area (Å²) in [5.74, 6) is 1.50. The summed E-state index contributed by atoms with van der Waals surface area (Å²) in [6, 6.07) is 9.63. The quantitative estimate of drug-likeness (QED) is 0.352. The molecule has 0 unspecified atom stereocenters. The monoisotopic (exact) mass is 502 g/mol. The van der Waals surface area contributed by atoms with Crippen LogP contribution in [0.2, 0.25) is 0 Å². The minimum atomic E-state index is -0.470. The maximum atomic E-state index is 13.1. The molecule has 2 aliphatic rings. The zero-order valence-electron chi connectivity index (χ0n) is 17.7. The van der Waals surface area contributed by atoms with Gasteiger partial charge in [0.25, 0.3) is 0 Å². The lowest BCUT2D eigenvalue weighted by atomic mass is 9.83. The summed E-state index contributed by atoms with van der Waals surface area (Å²) in [5.41, 5.74) is 0.465. The van der Waals surface area contributed by atoms with Gasteiger partial charge in [-0.15, -0.1) is 21.5 Å². The highest BCUT2D eigenvalue weighted by Gasteiger charge is 2.43. The summed E-state index contributed by atoms with van der Waals surface area (Å²) in [6.07, 6.45) is 3.79. The number of thioether (sulfide) groups is 1. The second kappa shape index (κ2) is 9.70. The molecule has 0 bridgehead atoms. The average molecular weight is 503 g/mol. The molecular weight excluding hydrogens is 480 g/mol. The first kappa shape index (κ1) is 22.2. The number of ether oxygens (including phenoxy) is 2. The molecule has 11 heteroatoms. The largest absolute Gasteiger partial charge is 0.454 e. The van der Waals surface area contributed by atoms with Crippen molar-refractivity contribution >= 4 is 51.4 Å². The van der Waals surface area contributed by atoms with Gasteiger partial charge < -0.3 is 14.8 Å². The number of rotatable bonds is 8. The summed E-state index contributed by atoms with van der Waals surface area (Å²) in [7, 11) is 0. The number of aromatic nitrogens is 2. The van der Waals surface area contributed by atoms with Crippen LogP contribution in [0.4, 0.5) is 5.13 Å². The van der Waals surface area contributed by atoms with Crippen LogP contribution in [-0.4, -0.2) is 34.6 Å². The summed E-state index contributed by atoms with van der Waals surface area (Å²) in [5, 5.41) is 16.6. The van der Waals surface area contributed by atoms with E-state index in [9.17, 15) is 9.59 Å². The Morgan fingerprint density at radius 3 is 2.79 bits per heavy atom. The van der Waals surface area contributed by atoms with Crippen molar-refractivity contribution in [2.24, 2.45) is 0 Å². The van der Waals surface area contributed by atoms with Gasteiger partial charge in [0.2, 0.25) is 23.7 Å². The van der Waals surface area contributed by atoms with Gasteiger partial charge in [0.1, 0.15) is 0 Å². The topological polar surface area (TPSA) is 102 Å². The van der Waals surface area contributed by atoms with Crippen LogP contribution in [0.1, 0.15) is 36.1 Å². The molecule has 2 N–H and O–H groups in total. The third-order valence-corrected chi connectivity index (χ3v) is 8.81. The smallest absolute Gasteiger partial charge is 0.237 e. The number of nitrogens with one attached hydrogen (secondary N) is 2. The second-order valence-electron chi connectivity index (χ2n) is 7.85. The van der Waals surface area contributed by atoms with Gasteiger partial charge in [-0.05, 0) is 42.0 Å². The number of fused-ring (bicyclic) bond motifs is 1. The third-order valence-electron chi connectivity index (χ3n) is 5.76. The van der Waals surface area contributed by atoms with E-state index < -0.39 is 5.41 Å². The van der Waals surface area contributed by atoms with E-state index in [-0.39, 0.29) is 24.4 Å². The SMILES string of the molecule is O=C(CSc1nnc(NC(=O)C2(c3cccs3)CCCC2)s1)NCc1ccc2c(c1)OCO2. The highest BCUT2D eigenvalue weighted by molar-refractivity contribution is 8.01. The van der Waals surface area contributed by atoms with Crippen molar-refractivity contribution in [3.63, 3.8) is 0 Å². The number of nitrogens with zero attached hydrogens (tertiary/aromatic N) is 2. The predicted octanol–water partition coefficient (Wildman–Crippen LogP) is 4.19. The van der Waals surface area contributed by atoms with Gasteiger partial charge in [-0.3, -0.25) is 14.9 Å². The highest BCUT2D eigenvalue weighted by atomic mass is 32.2. The molecule has 2 amide bonds. The number of benzene rings is 1. The van der Waals surface area contributed by atoms with Crippen LogP contribution in [-0.2, 0) is 21.5 Å². The zero-order valence-corrected chi connectivity index (χ0v) is 20.1. The Kier molecular flexibility index (Phi) is 6.52. The summed E-state index contributed by atoms with van der Waals surface area (Å²) < 4.78 is 11.3. The van der Waals surface area contributed by atoms with Gasteiger partial charge in [0.05, 0.1) is 11.2 Å². The molecule has 1 aliphatic heterocycles. The molecule has 1 aliphatic carbocycles. The maximum absolute atomic E-state index is 13.1. The first-order valence-corrected chi connectivity index (χ1v) is 13.3. The van der Waals surface area contributed by atoms with E-state index in [0.717, 1.165) is 36.1 Å². The van der Waals surface area contributed by atoms with Crippen LogP contribution in [0.15, 0.2) is 40.1 Å². The van der Waals surface area contributed by atoms with E-state index in [0.29, 0.717) is 27.5 Å². The van der Waals surface area contributed by atoms with Gasteiger partial charge in [0, 0.05) is 11.4 Å². The Morgan fingerprint density at radius 1 is 1.12 bits per heavy atom. The van der Waals surface area contributed by atoms with Gasteiger partial charge in [0.15, 0.2) is 15.8 Å². The highest BCUT2D eigenvalue weighted by Crippen LogP contribution is 2.44. The first-order valence-electron chi connectivity index (χ1n) is 10.6. The number of hydrogen-bond acceptors (Lipinski definition) is 9. The second-order valence-corrected chi connectivity index (χ2v) is 11.0. The number of thiophene rings is 1. The molecule has 8 nitrogen and oxygen atoms in total. The van der Waals surface area contributed by atoms with E-state index in [1.54, 1.807) is 11.3 Å². The van der Waals surface area contributed by atoms with Crippen LogP contribution in [0, 0.1) is 0 Å². The van der Waals surface area contributed by atoms with Crippen LogP contribution >= 0.6 is 34.4 Å². The van der Waals surface area contributed by atoms with Crippen LogP contribution in [0.3, 0.4) is 0 Å². The van der Waals surface area contributed by atoms with Crippen molar-refractivity contribution in [3.8, 4) is 11.5 Å². The van der Waals surface area contributed by atoms with Crippen molar-refractivity contribution < 1.29 is 19.1 Å². The Balaban J connectivity index is 1.12. The summed E-state index contributed by atoms with van der Waals surface area (Å²) in [6.45, 7) is 0.624. The van der Waals surface area contributed by atoms with Crippen LogP contribution in [0.25, 0.3) is 0 Å². The molecule has 2 aromatic heterocycles.